The molecule has 5 nitrogen and oxygen atoms in total. The molecular formula is C12H28NO4P. The first kappa shape index (κ1) is 18.1. The number of unbranched alkanes of at least 4 members (excludes halogenated alkanes) is 3. The van der Waals surface area contributed by atoms with E-state index in [2.05, 4.69) is 5.32 Å². The number of rotatable bonds is 13. The van der Waals surface area contributed by atoms with Crippen LogP contribution in [0.4, 0.5) is 0 Å². The minimum absolute atomic E-state index is 0.280. The van der Waals surface area contributed by atoms with Gasteiger partial charge in [-0.05, 0) is 39.3 Å². The van der Waals surface area contributed by atoms with Crippen molar-refractivity contribution >= 4 is 7.60 Å². The Hall–Kier alpha value is 0.0700. The summed E-state index contributed by atoms with van der Waals surface area (Å²) in [6, 6.07) is 0. The maximum absolute atomic E-state index is 11.4. The minimum atomic E-state index is -3.30. The lowest BCUT2D eigenvalue weighted by Crippen LogP contribution is -2.17. The number of hydrogen-bond donors (Lipinski definition) is 2. The standard InChI is InChI=1S/C12H28NO4P/c1-3-17-18(14,15)12-7-5-4-6-9-13-10-8-11-16-2/h13H,3-12H2,1-2H3,(H,14,15). The van der Waals surface area contributed by atoms with E-state index in [-0.39, 0.29) is 6.16 Å². The highest BCUT2D eigenvalue weighted by Gasteiger charge is 2.16. The summed E-state index contributed by atoms with van der Waals surface area (Å²) in [6.07, 6.45) is 5.26. The van der Waals surface area contributed by atoms with E-state index in [0.29, 0.717) is 6.61 Å². The lowest BCUT2D eigenvalue weighted by atomic mass is 10.2. The van der Waals surface area contributed by atoms with Crippen LogP contribution in [0.2, 0.25) is 0 Å². The summed E-state index contributed by atoms with van der Waals surface area (Å²) in [5.41, 5.74) is 0. The van der Waals surface area contributed by atoms with Gasteiger partial charge in [0.05, 0.1) is 6.61 Å². The zero-order valence-electron chi connectivity index (χ0n) is 11.7. The van der Waals surface area contributed by atoms with E-state index in [4.69, 9.17) is 9.26 Å². The fourth-order valence-corrected chi connectivity index (χ4v) is 2.80. The first-order valence-electron chi connectivity index (χ1n) is 6.78. The van der Waals surface area contributed by atoms with Crippen LogP contribution in [0.25, 0.3) is 0 Å². The second-order valence-corrected chi connectivity index (χ2v) is 6.27. The zero-order valence-corrected chi connectivity index (χ0v) is 12.6. The van der Waals surface area contributed by atoms with Crippen LogP contribution in [-0.2, 0) is 13.8 Å². The highest BCUT2D eigenvalue weighted by Crippen LogP contribution is 2.42. The normalized spacial score (nSPS) is 14.6. The largest absolute Gasteiger partial charge is 0.385 e. The van der Waals surface area contributed by atoms with Gasteiger partial charge in [0.2, 0.25) is 0 Å². The molecule has 1 unspecified atom stereocenters. The quantitative estimate of drug-likeness (QED) is 0.401. The Balaban J connectivity index is 3.18. The molecule has 6 heteroatoms. The van der Waals surface area contributed by atoms with Crippen molar-refractivity contribution in [3.63, 3.8) is 0 Å². The number of ether oxygens (including phenoxy) is 1. The number of hydrogen-bond acceptors (Lipinski definition) is 4. The monoisotopic (exact) mass is 281 g/mol. The van der Waals surface area contributed by atoms with Crippen LogP contribution in [0.15, 0.2) is 0 Å². The van der Waals surface area contributed by atoms with Gasteiger partial charge in [-0.25, -0.2) is 0 Å². The van der Waals surface area contributed by atoms with Crippen molar-refractivity contribution in [1.82, 2.24) is 5.32 Å². The molecule has 0 amide bonds. The fourth-order valence-electron chi connectivity index (χ4n) is 1.65. The maximum atomic E-state index is 11.4. The van der Waals surface area contributed by atoms with Crippen molar-refractivity contribution < 1.29 is 18.7 Å². The molecule has 0 spiro atoms. The van der Waals surface area contributed by atoms with Gasteiger partial charge in [0, 0.05) is 19.9 Å². The molecule has 1 atom stereocenters. The predicted molar refractivity (Wildman–Crippen MR) is 74.1 cm³/mol. The average molecular weight is 281 g/mol. The highest BCUT2D eigenvalue weighted by molar-refractivity contribution is 7.52. The van der Waals surface area contributed by atoms with Crippen molar-refractivity contribution in [2.24, 2.45) is 0 Å². The summed E-state index contributed by atoms with van der Waals surface area (Å²) in [5.74, 6) is 0. The van der Waals surface area contributed by atoms with Crippen molar-refractivity contribution in [3.05, 3.63) is 0 Å². The molecule has 18 heavy (non-hydrogen) atoms. The second kappa shape index (κ2) is 12.1. The number of methoxy groups -OCH3 is 1. The van der Waals surface area contributed by atoms with Crippen molar-refractivity contribution in [3.8, 4) is 0 Å². The van der Waals surface area contributed by atoms with Crippen molar-refractivity contribution in [2.45, 2.75) is 39.0 Å². The first-order chi connectivity index (χ1) is 8.62. The molecule has 0 aliphatic carbocycles. The summed E-state index contributed by atoms with van der Waals surface area (Å²) in [7, 11) is -1.59. The van der Waals surface area contributed by atoms with Crippen LogP contribution in [-0.4, -0.2) is 44.5 Å². The third-order valence-electron chi connectivity index (χ3n) is 2.58. The molecule has 0 aromatic heterocycles. The van der Waals surface area contributed by atoms with Crippen molar-refractivity contribution in [2.75, 3.05) is 39.6 Å². The lowest BCUT2D eigenvalue weighted by Gasteiger charge is -2.10. The third kappa shape index (κ3) is 12.5. The van der Waals surface area contributed by atoms with E-state index in [1.807, 2.05) is 0 Å². The summed E-state index contributed by atoms with van der Waals surface area (Å²) < 4.78 is 21.1. The Labute approximate surface area is 111 Å². The Bertz CT molecular complexity index is 226. The van der Waals surface area contributed by atoms with Crippen LogP contribution < -0.4 is 5.32 Å². The molecule has 0 aromatic rings. The molecule has 0 heterocycles. The molecule has 0 aliphatic heterocycles. The molecule has 2 N–H and O–H groups in total. The summed E-state index contributed by atoms with van der Waals surface area (Å²) in [5, 5.41) is 3.34. The molecule has 110 valence electrons. The molecule has 0 aromatic carbocycles. The van der Waals surface area contributed by atoms with E-state index in [1.165, 1.54) is 0 Å². The van der Waals surface area contributed by atoms with Gasteiger partial charge in [0.25, 0.3) is 0 Å². The van der Waals surface area contributed by atoms with Gasteiger partial charge in [-0.15, -0.1) is 0 Å². The van der Waals surface area contributed by atoms with Gasteiger partial charge in [0.15, 0.2) is 0 Å². The summed E-state index contributed by atoms with van der Waals surface area (Å²) in [6.45, 7) is 4.84. The molecule has 0 aliphatic rings. The average Bonchev–Trinajstić information content (AvgIpc) is 2.31. The minimum Gasteiger partial charge on any atom is -0.385 e. The van der Waals surface area contributed by atoms with E-state index >= 15 is 0 Å². The van der Waals surface area contributed by atoms with E-state index < -0.39 is 7.60 Å². The highest BCUT2D eigenvalue weighted by atomic mass is 31.2. The van der Waals surface area contributed by atoms with Crippen LogP contribution >= 0.6 is 7.60 Å². The molecule has 0 rings (SSSR count). The summed E-state index contributed by atoms with van der Waals surface area (Å²) in [4.78, 5) is 9.35. The first-order valence-corrected chi connectivity index (χ1v) is 8.54. The molecule has 0 saturated carbocycles. The Morgan fingerprint density at radius 2 is 1.78 bits per heavy atom. The Kier molecular flexibility index (Phi) is 12.2. The third-order valence-corrected chi connectivity index (χ3v) is 4.12. The topological polar surface area (TPSA) is 67.8 Å². The van der Waals surface area contributed by atoms with E-state index in [1.54, 1.807) is 14.0 Å². The predicted octanol–water partition coefficient (Wildman–Crippen LogP) is 2.39. The van der Waals surface area contributed by atoms with Gasteiger partial charge in [0.1, 0.15) is 0 Å². The Morgan fingerprint density at radius 3 is 2.44 bits per heavy atom. The van der Waals surface area contributed by atoms with Crippen LogP contribution in [0.5, 0.6) is 0 Å². The zero-order chi connectivity index (χ0) is 13.7. The van der Waals surface area contributed by atoms with E-state index in [9.17, 15) is 9.46 Å². The lowest BCUT2D eigenvalue weighted by molar-refractivity contribution is 0.194. The van der Waals surface area contributed by atoms with Gasteiger partial charge >= 0.3 is 7.60 Å². The Morgan fingerprint density at radius 1 is 1.11 bits per heavy atom. The molecule has 0 fully saturated rings. The fraction of sp³-hybridized carbons (Fsp3) is 1.00. The van der Waals surface area contributed by atoms with Gasteiger partial charge in [-0.3, -0.25) is 4.57 Å². The van der Waals surface area contributed by atoms with Gasteiger partial charge in [-0.1, -0.05) is 12.8 Å². The summed E-state index contributed by atoms with van der Waals surface area (Å²) >= 11 is 0. The number of nitrogens with one attached hydrogen (secondary N) is 1. The smallest absolute Gasteiger partial charge is 0.328 e. The second-order valence-electron chi connectivity index (χ2n) is 4.29. The molecule has 0 radical (unpaired) electrons. The van der Waals surface area contributed by atoms with Gasteiger partial charge in [-0.2, -0.15) is 0 Å². The molecular weight excluding hydrogens is 253 g/mol. The molecule has 0 saturated heterocycles. The van der Waals surface area contributed by atoms with Crippen molar-refractivity contribution in [1.29, 1.82) is 0 Å². The maximum Gasteiger partial charge on any atom is 0.328 e. The van der Waals surface area contributed by atoms with Crippen LogP contribution in [0.1, 0.15) is 39.0 Å². The van der Waals surface area contributed by atoms with Crippen LogP contribution in [0.3, 0.4) is 0 Å². The van der Waals surface area contributed by atoms with Crippen LogP contribution in [0, 0.1) is 0 Å². The van der Waals surface area contributed by atoms with E-state index in [0.717, 1.165) is 51.8 Å². The molecule has 0 bridgehead atoms. The SMILES string of the molecule is CCOP(=O)(O)CCCCCCNCCCOC. The van der Waals surface area contributed by atoms with Gasteiger partial charge < -0.3 is 19.5 Å².